The highest BCUT2D eigenvalue weighted by Crippen LogP contribution is 2.26. The lowest BCUT2D eigenvalue weighted by atomic mass is 10.1. The van der Waals surface area contributed by atoms with Crippen LogP contribution in [0.1, 0.15) is 5.56 Å². The number of hydrogen-bond donors (Lipinski definition) is 0. The maximum absolute atomic E-state index is 6.00. The van der Waals surface area contributed by atoms with Crippen LogP contribution < -0.4 is 4.74 Å². The molecule has 0 N–H and O–H groups in total. The summed E-state index contributed by atoms with van der Waals surface area (Å²) in [5.41, 5.74) is 2.97. The van der Waals surface area contributed by atoms with E-state index in [1.165, 1.54) is 0 Å². The summed E-state index contributed by atoms with van der Waals surface area (Å²) in [5, 5.41) is 0.509. The summed E-state index contributed by atoms with van der Waals surface area (Å²) in [6, 6.07) is 21.4. The van der Waals surface area contributed by atoms with Gasteiger partial charge in [-0.2, -0.15) is 0 Å². The molecule has 0 atom stereocenters. The van der Waals surface area contributed by atoms with Gasteiger partial charge in [-0.3, -0.25) is 0 Å². The number of aromatic nitrogens is 1. The minimum Gasteiger partial charge on any atom is -0.457 e. The third kappa shape index (κ3) is 3.41. The lowest BCUT2D eigenvalue weighted by molar-refractivity contribution is 0.483. The molecule has 104 valence electrons. The fraction of sp³-hybridized carbons (Fsp3) is 0.0556. The van der Waals surface area contributed by atoms with Gasteiger partial charge in [-0.25, -0.2) is 4.98 Å². The van der Waals surface area contributed by atoms with Crippen molar-refractivity contribution in [3.8, 4) is 22.8 Å². The Morgan fingerprint density at radius 2 is 1.52 bits per heavy atom. The number of halogens is 1. The highest BCUT2D eigenvalue weighted by Gasteiger charge is 2.03. The summed E-state index contributed by atoms with van der Waals surface area (Å²) in [5.74, 6) is 1.62. The largest absolute Gasteiger partial charge is 0.457 e. The summed E-state index contributed by atoms with van der Waals surface area (Å²) in [4.78, 5) is 4.34. The van der Waals surface area contributed by atoms with E-state index >= 15 is 0 Å². The van der Waals surface area contributed by atoms with Crippen molar-refractivity contribution in [3.05, 3.63) is 77.4 Å². The van der Waals surface area contributed by atoms with E-state index < -0.39 is 0 Å². The van der Waals surface area contributed by atoms with Crippen molar-refractivity contribution in [2.45, 2.75) is 6.92 Å². The fourth-order valence-electron chi connectivity index (χ4n) is 2.09. The molecule has 2 nitrogen and oxygen atoms in total. The van der Waals surface area contributed by atoms with E-state index in [-0.39, 0.29) is 0 Å². The van der Waals surface area contributed by atoms with Crippen LogP contribution in [0, 0.1) is 6.92 Å². The molecule has 0 aliphatic rings. The summed E-state index contributed by atoms with van der Waals surface area (Å²) >= 11 is 6.00. The molecule has 0 spiro atoms. The summed E-state index contributed by atoms with van der Waals surface area (Å²) < 4.78 is 5.77. The number of benzene rings is 2. The number of para-hydroxylation sites is 1. The zero-order valence-electron chi connectivity index (χ0n) is 11.6. The van der Waals surface area contributed by atoms with Crippen LogP contribution in [0.3, 0.4) is 0 Å². The van der Waals surface area contributed by atoms with Crippen LogP contribution in [0.5, 0.6) is 11.5 Å². The third-order valence-corrected chi connectivity index (χ3v) is 3.26. The number of rotatable bonds is 3. The van der Waals surface area contributed by atoms with Crippen molar-refractivity contribution in [1.82, 2.24) is 4.98 Å². The van der Waals surface area contributed by atoms with Crippen molar-refractivity contribution >= 4 is 11.6 Å². The van der Waals surface area contributed by atoms with Crippen molar-refractivity contribution in [2.75, 3.05) is 0 Å². The maximum atomic E-state index is 6.00. The normalized spacial score (nSPS) is 10.4. The average Bonchev–Trinajstić information content (AvgIpc) is 2.48. The van der Waals surface area contributed by atoms with Gasteiger partial charge in [-0.15, -0.1) is 0 Å². The minimum atomic E-state index is 0.509. The summed E-state index contributed by atoms with van der Waals surface area (Å²) in [6.45, 7) is 2.00. The smallest absolute Gasteiger partial charge is 0.130 e. The van der Waals surface area contributed by atoms with Crippen LogP contribution in [-0.2, 0) is 0 Å². The molecule has 0 saturated heterocycles. The third-order valence-electron chi connectivity index (χ3n) is 3.07. The Balaban J connectivity index is 1.84. The van der Waals surface area contributed by atoms with E-state index in [0.717, 1.165) is 28.3 Å². The fourth-order valence-corrected chi connectivity index (χ4v) is 2.35. The SMILES string of the molecule is Cc1cc(Cl)nc(-c2ccc(Oc3ccccc3)cc2)c1. The van der Waals surface area contributed by atoms with Gasteiger partial charge in [0.2, 0.25) is 0 Å². The van der Waals surface area contributed by atoms with Gasteiger partial charge in [0.1, 0.15) is 16.7 Å². The van der Waals surface area contributed by atoms with Crippen LogP contribution in [0.25, 0.3) is 11.3 Å². The molecule has 0 aliphatic heterocycles. The van der Waals surface area contributed by atoms with E-state index in [4.69, 9.17) is 16.3 Å². The zero-order chi connectivity index (χ0) is 14.7. The monoisotopic (exact) mass is 295 g/mol. The Morgan fingerprint density at radius 1 is 0.857 bits per heavy atom. The first-order chi connectivity index (χ1) is 10.2. The van der Waals surface area contributed by atoms with Crippen LogP contribution in [-0.4, -0.2) is 4.98 Å². The number of nitrogens with zero attached hydrogens (tertiary/aromatic N) is 1. The average molecular weight is 296 g/mol. The van der Waals surface area contributed by atoms with Gasteiger partial charge in [0.15, 0.2) is 0 Å². The molecule has 0 fully saturated rings. The highest BCUT2D eigenvalue weighted by atomic mass is 35.5. The molecule has 1 aromatic heterocycles. The van der Waals surface area contributed by atoms with Crippen LogP contribution in [0.15, 0.2) is 66.7 Å². The van der Waals surface area contributed by atoms with Gasteiger partial charge in [0, 0.05) is 5.56 Å². The second kappa shape index (κ2) is 5.98. The summed E-state index contributed by atoms with van der Waals surface area (Å²) in [6.07, 6.45) is 0. The molecule has 2 aromatic carbocycles. The van der Waals surface area contributed by atoms with Crippen molar-refractivity contribution in [1.29, 1.82) is 0 Å². The molecule has 0 unspecified atom stereocenters. The predicted octanol–water partition coefficient (Wildman–Crippen LogP) is 5.50. The molecule has 0 saturated carbocycles. The number of hydrogen-bond acceptors (Lipinski definition) is 2. The van der Waals surface area contributed by atoms with Gasteiger partial charge in [0.05, 0.1) is 5.69 Å². The van der Waals surface area contributed by atoms with Gasteiger partial charge in [-0.05, 0) is 61.0 Å². The van der Waals surface area contributed by atoms with E-state index in [9.17, 15) is 0 Å². The Labute approximate surface area is 129 Å². The lowest BCUT2D eigenvalue weighted by Crippen LogP contribution is -1.87. The molecule has 3 heteroatoms. The van der Waals surface area contributed by atoms with Gasteiger partial charge in [0.25, 0.3) is 0 Å². The second-order valence-electron chi connectivity index (χ2n) is 4.79. The Bertz CT molecular complexity index is 719. The van der Waals surface area contributed by atoms with Crippen LogP contribution in [0.4, 0.5) is 0 Å². The van der Waals surface area contributed by atoms with Crippen molar-refractivity contribution < 1.29 is 4.74 Å². The first-order valence-corrected chi connectivity index (χ1v) is 7.06. The molecule has 1 heterocycles. The predicted molar refractivity (Wildman–Crippen MR) is 85.9 cm³/mol. The Morgan fingerprint density at radius 3 is 2.19 bits per heavy atom. The molecular weight excluding hydrogens is 282 g/mol. The molecule has 0 aliphatic carbocycles. The summed E-state index contributed by atoms with van der Waals surface area (Å²) in [7, 11) is 0. The molecule has 0 amide bonds. The second-order valence-corrected chi connectivity index (χ2v) is 5.18. The molecule has 3 rings (SSSR count). The van der Waals surface area contributed by atoms with Gasteiger partial charge < -0.3 is 4.74 Å². The standard InChI is InChI=1S/C18H14ClNO/c1-13-11-17(20-18(19)12-13)14-7-9-16(10-8-14)21-15-5-3-2-4-6-15/h2-12H,1H3. The number of aryl methyl sites for hydroxylation is 1. The molecular formula is C18H14ClNO. The van der Waals surface area contributed by atoms with Gasteiger partial charge in [-0.1, -0.05) is 29.8 Å². The zero-order valence-corrected chi connectivity index (χ0v) is 12.3. The van der Waals surface area contributed by atoms with Crippen molar-refractivity contribution in [3.63, 3.8) is 0 Å². The maximum Gasteiger partial charge on any atom is 0.130 e. The number of ether oxygens (including phenoxy) is 1. The topological polar surface area (TPSA) is 22.1 Å². The molecule has 21 heavy (non-hydrogen) atoms. The van der Waals surface area contributed by atoms with E-state index in [2.05, 4.69) is 4.98 Å². The van der Waals surface area contributed by atoms with E-state index in [1.54, 1.807) is 0 Å². The highest BCUT2D eigenvalue weighted by molar-refractivity contribution is 6.29. The quantitative estimate of drug-likeness (QED) is 0.595. The first-order valence-electron chi connectivity index (χ1n) is 6.68. The van der Waals surface area contributed by atoms with Crippen LogP contribution in [0.2, 0.25) is 5.15 Å². The Hall–Kier alpha value is -2.32. The molecule has 3 aromatic rings. The van der Waals surface area contributed by atoms with Crippen LogP contribution >= 0.6 is 11.6 Å². The number of pyridine rings is 1. The lowest BCUT2D eigenvalue weighted by Gasteiger charge is -2.07. The van der Waals surface area contributed by atoms with Crippen molar-refractivity contribution in [2.24, 2.45) is 0 Å². The first kappa shape index (κ1) is 13.7. The Kier molecular flexibility index (Phi) is 3.89. The van der Waals surface area contributed by atoms with E-state index in [0.29, 0.717) is 5.15 Å². The van der Waals surface area contributed by atoms with E-state index in [1.807, 2.05) is 73.7 Å². The van der Waals surface area contributed by atoms with Gasteiger partial charge >= 0.3 is 0 Å². The molecule has 0 radical (unpaired) electrons. The minimum absolute atomic E-state index is 0.509. The molecule has 0 bridgehead atoms.